The number of nitrogens with one attached hydrogen (secondary N) is 1. The van der Waals surface area contributed by atoms with Crippen molar-refractivity contribution in [1.29, 1.82) is 0 Å². The van der Waals surface area contributed by atoms with E-state index >= 15 is 0 Å². The van der Waals surface area contributed by atoms with E-state index in [0.717, 1.165) is 0 Å². The average molecular weight is 193 g/mol. The van der Waals surface area contributed by atoms with Crippen LogP contribution in [-0.4, -0.2) is 12.8 Å². The molecule has 2 rings (SSSR count). The lowest BCUT2D eigenvalue weighted by Crippen LogP contribution is -2.12. The summed E-state index contributed by atoms with van der Waals surface area (Å²) in [5.41, 5.74) is 1.45. The van der Waals surface area contributed by atoms with Gasteiger partial charge in [0.1, 0.15) is 0 Å². The van der Waals surface area contributed by atoms with E-state index in [2.05, 4.69) is 35.8 Å². The third-order valence-corrected chi connectivity index (χ3v) is 3.28. The Hall–Kier alpha value is -0.470. The van der Waals surface area contributed by atoms with Gasteiger partial charge in [0.15, 0.2) is 0 Å². The van der Waals surface area contributed by atoms with Crippen molar-refractivity contribution in [1.82, 2.24) is 5.32 Å². The topological polar surface area (TPSA) is 12.0 Å². The van der Waals surface area contributed by atoms with Crippen molar-refractivity contribution in [3.8, 4) is 0 Å². The van der Waals surface area contributed by atoms with E-state index in [4.69, 9.17) is 0 Å². The largest absolute Gasteiger partial charge is 0.310 e. The summed E-state index contributed by atoms with van der Waals surface area (Å²) < 4.78 is 0. The van der Waals surface area contributed by atoms with Crippen molar-refractivity contribution >= 4 is 11.8 Å². The van der Waals surface area contributed by atoms with E-state index in [-0.39, 0.29) is 0 Å². The maximum Gasteiger partial charge on any atom is 0.0321 e. The SMILES string of the molecule is CSc1cccc([C@@H]2CCCN2)c1. The molecule has 2 heteroatoms. The van der Waals surface area contributed by atoms with Crippen LogP contribution in [0, 0.1) is 0 Å². The second-order valence-corrected chi connectivity index (χ2v) is 4.31. The zero-order valence-corrected chi connectivity index (χ0v) is 8.73. The highest BCUT2D eigenvalue weighted by molar-refractivity contribution is 7.98. The Bertz CT molecular complexity index is 279. The van der Waals surface area contributed by atoms with Crippen LogP contribution in [0.2, 0.25) is 0 Å². The molecule has 0 unspecified atom stereocenters. The Morgan fingerprint density at radius 3 is 3.08 bits per heavy atom. The quantitative estimate of drug-likeness (QED) is 0.725. The molecule has 0 aliphatic carbocycles. The molecular formula is C11H15NS. The van der Waals surface area contributed by atoms with Crippen LogP contribution >= 0.6 is 11.8 Å². The van der Waals surface area contributed by atoms with Crippen LogP contribution in [0.3, 0.4) is 0 Å². The highest BCUT2D eigenvalue weighted by Crippen LogP contribution is 2.25. The first-order valence-corrected chi connectivity index (χ1v) is 6.00. The number of benzene rings is 1. The van der Waals surface area contributed by atoms with Crippen LogP contribution in [-0.2, 0) is 0 Å². The number of hydrogen-bond donors (Lipinski definition) is 1. The summed E-state index contributed by atoms with van der Waals surface area (Å²) in [7, 11) is 0. The van der Waals surface area contributed by atoms with Crippen LogP contribution in [0.4, 0.5) is 0 Å². The molecule has 0 radical (unpaired) electrons. The fourth-order valence-corrected chi connectivity index (χ4v) is 2.30. The summed E-state index contributed by atoms with van der Waals surface area (Å²) in [4.78, 5) is 1.37. The molecule has 1 saturated heterocycles. The molecule has 0 amide bonds. The second-order valence-electron chi connectivity index (χ2n) is 3.43. The summed E-state index contributed by atoms with van der Waals surface area (Å²) in [5.74, 6) is 0. The van der Waals surface area contributed by atoms with Crippen molar-refractivity contribution < 1.29 is 0 Å². The molecule has 1 fully saturated rings. The summed E-state index contributed by atoms with van der Waals surface area (Å²) in [5, 5.41) is 3.51. The number of rotatable bonds is 2. The van der Waals surface area contributed by atoms with Crippen molar-refractivity contribution in [3.63, 3.8) is 0 Å². The summed E-state index contributed by atoms with van der Waals surface area (Å²) in [6.07, 6.45) is 4.73. The Morgan fingerprint density at radius 2 is 2.38 bits per heavy atom. The van der Waals surface area contributed by atoms with Gasteiger partial charge in [0.05, 0.1) is 0 Å². The van der Waals surface area contributed by atoms with Gasteiger partial charge in [-0.15, -0.1) is 11.8 Å². The normalized spacial score (nSPS) is 22.1. The average Bonchev–Trinajstić information content (AvgIpc) is 2.71. The van der Waals surface area contributed by atoms with Crippen molar-refractivity contribution in [2.24, 2.45) is 0 Å². The highest BCUT2D eigenvalue weighted by Gasteiger charge is 2.15. The third-order valence-electron chi connectivity index (χ3n) is 2.56. The fraction of sp³-hybridized carbons (Fsp3) is 0.455. The van der Waals surface area contributed by atoms with Gasteiger partial charge in [-0.3, -0.25) is 0 Å². The first-order valence-electron chi connectivity index (χ1n) is 4.77. The maximum absolute atomic E-state index is 3.51. The van der Waals surface area contributed by atoms with Crippen LogP contribution in [0.1, 0.15) is 24.4 Å². The molecule has 0 saturated carbocycles. The lowest BCUT2D eigenvalue weighted by atomic mass is 10.1. The summed E-state index contributed by atoms with van der Waals surface area (Å²) in [6.45, 7) is 1.17. The zero-order chi connectivity index (χ0) is 9.10. The lowest BCUT2D eigenvalue weighted by molar-refractivity contribution is 0.646. The Labute approximate surface area is 83.9 Å². The molecule has 1 heterocycles. The Morgan fingerprint density at radius 1 is 1.46 bits per heavy atom. The minimum absolute atomic E-state index is 0.604. The molecule has 13 heavy (non-hydrogen) atoms. The van der Waals surface area contributed by atoms with Crippen LogP contribution in [0.5, 0.6) is 0 Å². The minimum Gasteiger partial charge on any atom is -0.310 e. The molecular weight excluding hydrogens is 178 g/mol. The monoisotopic (exact) mass is 193 g/mol. The van der Waals surface area contributed by atoms with Crippen molar-refractivity contribution in [2.75, 3.05) is 12.8 Å². The lowest BCUT2D eigenvalue weighted by Gasteiger charge is -2.11. The first kappa shape index (κ1) is 9.10. The number of thioether (sulfide) groups is 1. The van der Waals surface area contributed by atoms with Gasteiger partial charge in [-0.2, -0.15) is 0 Å². The maximum atomic E-state index is 3.51. The van der Waals surface area contributed by atoms with Gasteiger partial charge in [-0.1, -0.05) is 12.1 Å². The minimum atomic E-state index is 0.604. The molecule has 0 bridgehead atoms. The zero-order valence-electron chi connectivity index (χ0n) is 7.92. The summed E-state index contributed by atoms with van der Waals surface area (Å²) >= 11 is 1.81. The smallest absolute Gasteiger partial charge is 0.0321 e. The van der Waals surface area contributed by atoms with Gasteiger partial charge in [0.25, 0.3) is 0 Å². The van der Waals surface area contributed by atoms with E-state index in [1.807, 2.05) is 11.8 Å². The predicted octanol–water partition coefficient (Wildman–Crippen LogP) is 2.83. The Kier molecular flexibility index (Phi) is 2.91. The Balaban J connectivity index is 2.18. The molecule has 1 aliphatic heterocycles. The molecule has 1 nitrogen and oxygen atoms in total. The summed E-state index contributed by atoms with van der Waals surface area (Å²) in [6, 6.07) is 9.45. The molecule has 1 atom stereocenters. The van der Waals surface area contributed by atoms with E-state index in [0.29, 0.717) is 6.04 Å². The van der Waals surface area contributed by atoms with E-state index in [1.165, 1.54) is 29.8 Å². The molecule has 70 valence electrons. The van der Waals surface area contributed by atoms with Gasteiger partial charge < -0.3 is 5.32 Å². The van der Waals surface area contributed by atoms with Crippen molar-refractivity contribution in [2.45, 2.75) is 23.8 Å². The van der Waals surface area contributed by atoms with E-state index in [1.54, 1.807) is 0 Å². The molecule has 1 aliphatic rings. The molecule has 1 aromatic carbocycles. The standard InChI is InChI=1S/C11H15NS/c1-13-10-5-2-4-9(8-10)11-6-3-7-12-11/h2,4-5,8,11-12H,3,6-7H2,1H3/t11-/m0/s1. The van der Waals surface area contributed by atoms with Crippen LogP contribution in [0.25, 0.3) is 0 Å². The van der Waals surface area contributed by atoms with Gasteiger partial charge >= 0.3 is 0 Å². The predicted molar refractivity (Wildman–Crippen MR) is 58.2 cm³/mol. The molecule has 1 N–H and O–H groups in total. The molecule has 0 spiro atoms. The second kappa shape index (κ2) is 4.16. The van der Waals surface area contributed by atoms with Gasteiger partial charge in [0, 0.05) is 10.9 Å². The van der Waals surface area contributed by atoms with Crippen molar-refractivity contribution in [3.05, 3.63) is 29.8 Å². The van der Waals surface area contributed by atoms with Crippen LogP contribution < -0.4 is 5.32 Å². The highest BCUT2D eigenvalue weighted by atomic mass is 32.2. The van der Waals surface area contributed by atoms with Crippen LogP contribution in [0.15, 0.2) is 29.2 Å². The first-order chi connectivity index (χ1) is 6.40. The molecule has 1 aromatic rings. The fourth-order valence-electron chi connectivity index (χ4n) is 1.83. The van der Waals surface area contributed by atoms with E-state index < -0.39 is 0 Å². The number of hydrogen-bond acceptors (Lipinski definition) is 2. The van der Waals surface area contributed by atoms with E-state index in [9.17, 15) is 0 Å². The third kappa shape index (κ3) is 2.06. The van der Waals surface area contributed by atoms with Gasteiger partial charge in [-0.25, -0.2) is 0 Å². The van der Waals surface area contributed by atoms with Gasteiger partial charge in [-0.05, 0) is 43.3 Å². The molecule has 0 aromatic heterocycles. The van der Waals surface area contributed by atoms with Gasteiger partial charge in [0.2, 0.25) is 0 Å².